The summed E-state index contributed by atoms with van der Waals surface area (Å²) in [5.74, 6) is 1.54. The van der Waals surface area contributed by atoms with Crippen LogP contribution in [0.2, 0.25) is 0 Å². The molecule has 3 heteroatoms. The van der Waals surface area contributed by atoms with Gasteiger partial charge in [0.15, 0.2) is 0 Å². The van der Waals surface area contributed by atoms with E-state index in [0.717, 1.165) is 36.7 Å². The lowest BCUT2D eigenvalue weighted by Crippen LogP contribution is -2.21. The Hall–Kier alpha value is -1.51. The molecule has 3 nitrogen and oxygen atoms in total. The molecule has 2 saturated carbocycles. The lowest BCUT2D eigenvalue weighted by molar-refractivity contribution is -0.143. The van der Waals surface area contributed by atoms with Crippen LogP contribution in [0.4, 0.5) is 0 Å². The smallest absolute Gasteiger partial charge is 0.316 e. The number of rotatable bonds is 5. The third kappa shape index (κ3) is 2.09. The summed E-state index contributed by atoms with van der Waals surface area (Å²) in [6, 6.07) is 7.90. The van der Waals surface area contributed by atoms with Crippen molar-refractivity contribution in [1.82, 2.24) is 0 Å². The number of esters is 1. The number of carbonyl (C=O) groups is 1. The van der Waals surface area contributed by atoms with E-state index < -0.39 is 0 Å². The van der Waals surface area contributed by atoms with Gasteiger partial charge in [-0.1, -0.05) is 12.1 Å². The zero-order valence-corrected chi connectivity index (χ0v) is 10.6. The second kappa shape index (κ2) is 4.30. The highest BCUT2D eigenvalue weighted by Gasteiger charge is 2.52. The second-order valence-electron chi connectivity index (χ2n) is 5.35. The lowest BCUT2D eigenvalue weighted by Gasteiger charge is -2.13. The molecule has 0 radical (unpaired) electrons. The summed E-state index contributed by atoms with van der Waals surface area (Å²) in [7, 11) is 1.45. The van der Waals surface area contributed by atoms with E-state index in [1.165, 1.54) is 20.0 Å². The lowest BCUT2D eigenvalue weighted by atomic mass is 9.96. The highest BCUT2D eigenvalue weighted by molar-refractivity contribution is 5.86. The predicted octanol–water partition coefficient (Wildman–Crippen LogP) is 2.68. The average Bonchev–Trinajstić information content (AvgIpc) is 3.29. The van der Waals surface area contributed by atoms with E-state index in [0.29, 0.717) is 0 Å². The van der Waals surface area contributed by atoms with Crippen molar-refractivity contribution < 1.29 is 14.3 Å². The molecule has 0 aliphatic heterocycles. The molecule has 96 valence electrons. The van der Waals surface area contributed by atoms with E-state index >= 15 is 0 Å². The van der Waals surface area contributed by atoms with Gasteiger partial charge in [-0.05, 0) is 49.3 Å². The van der Waals surface area contributed by atoms with Crippen LogP contribution in [-0.2, 0) is 14.9 Å². The van der Waals surface area contributed by atoms with Crippen molar-refractivity contribution in [3.05, 3.63) is 29.8 Å². The van der Waals surface area contributed by atoms with Crippen molar-refractivity contribution in [2.24, 2.45) is 5.92 Å². The highest BCUT2D eigenvalue weighted by Crippen LogP contribution is 2.49. The monoisotopic (exact) mass is 246 g/mol. The second-order valence-corrected chi connectivity index (χ2v) is 5.35. The molecule has 1 aromatic carbocycles. The molecule has 0 bridgehead atoms. The first-order valence-corrected chi connectivity index (χ1v) is 6.56. The number of benzene rings is 1. The molecule has 1 aromatic rings. The molecule has 0 aromatic heterocycles. The molecular weight excluding hydrogens is 228 g/mol. The Morgan fingerprint density at radius 3 is 2.44 bits per heavy atom. The average molecular weight is 246 g/mol. The molecule has 0 atom stereocenters. The van der Waals surface area contributed by atoms with Gasteiger partial charge >= 0.3 is 5.97 Å². The zero-order chi connectivity index (χ0) is 12.6. The van der Waals surface area contributed by atoms with Gasteiger partial charge in [0.05, 0.1) is 19.1 Å². The molecule has 2 aliphatic carbocycles. The molecule has 0 heterocycles. The first-order chi connectivity index (χ1) is 8.74. The van der Waals surface area contributed by atoms with Gasteiger partial charge < -0.3 is 9.47 Å². The maximum absolute atomic E-state index is 11.8. The number of hydrogen-bond donors (Lipinski definition) is 0. The summed E-state index contributed by atoms with van der Waals surface area (Å²) in [4.78, 5) is 11.8. The van der Waals surface area contributed by atoms with Crippen LogP contribution in [0.5, 0.6) is 5.75 Å². The van der Waals surface area contributed by atoms with Crippen molar-refractivity contribution in [1.29, 1.82) is 0 Å². The fourth-order valence-corrected chi connectivity index (χ4v) is 2.30. The largest absolute Gasteiger partial charge is 0.493 e. The molecule has 2 aliphatic rings. The van der Waals surface area contributed by atoms with Gasteiger partial charge in [0, 0.05) is 0 Å². The van der Waals surface area contributed by atoms with E-state index in [2.05, 4.69) is 0 Å². The fourth-order valence-electron chi connectivity index (χ4n) is 2.30. The molecule has 0 amide bonds. The van der Waals surface area contributed by atoms with Crippen LogP contribution in [0.1, 0.15) is 31.2 Å². The van der Waals surface area contributed by atoms with Gasteiger partial charge in [0.25, 0.3) is 0 Å². The Labute approximate surface area is 107 Å². The van der Waals surface area contributed by atoms with Crippen LogP contribution in [-0.4, -0.2) is 19.7 Å². The minimum Gasteiger partial charge on any atom is -0.493 e. The molecule has 3 rings (SSSR count). The van der Waals surface area contributed by atoms with Crippen LogP contribution < -0.4 is 4.74 Å². The molecule has 18 heavy (non-hydrogen) atoms. The Balaban J connectivity index is 1.68. The third-order valence-corrected chi connectivity index (χ3v) is 3.92. The Bertz CT molecular complexity index is 441. The first kappa shape index (κ1) is 11.6. The van der Waals surface area contributed by atoms with Gasteiger partial charge in [-0.15, -0.1) is 0 Å². The van der Waals surface area contributed by atoms with Crippen LogP contribution >= 0.6 is 0 Å². The molecule has 0 N–H and O–H groups in total. The minimum absolute atomic E-state index is 0.117. The van der Waals surface area contributed by atoms with Gasteiger partial charge in [0.2, 0.25) is 0 Å². The van der Waals surface area contributed by atoms with Crippen LogP contribution in [0, 0.1) is 5.92 Å². The van der Waals surface area contributed by atoms with E-state index in [1.807, 2.05) is 24.3 Å². The van der Waals surface area contributed by atoms with Crippen molar-refractivity contribution >= 4 is 5.97 Å². The van der Waals surface area contributed by atoms with E-state index in [4.69, 9.17) is 9.47 Å². The van der Waals surface area contributed by atoms with E-state index in [-0.39, 0.29) is 11.4 Å². The quantitative estimate of drug-likeness (QED) is 0.749. The van der Waals surface area contributed by atoms with Crippen molar-refractivity contribution in [3.63, 3.8) is 0 Å². The van der Waals surface area contributed by atoms with Crippen LogP contribution in [0.3, 0.4) is 0 Å². The van der Waals surface area contributed by atoms with Crippen LogP contribution in [0.25, 0.3) is 0 Å². The number of hydrogen-bond acceptors (Lipinski definition) is 3. The number of ether oxygens (including phenoxy) is 2. The Morgan fingerprint density at radius 1 is 1.28 bits per heavy atom. The normalized spacial score (nSPS) is 20.3. The Morgan fingerprint density at radius 2 is 1.94 bits per heavy atom. The molecule has 0 saturated heterocycles. The summed E-state index contributed by atoms with van der Waals surface area (Å²) < 4.78 is 10.6. The Kier molecular flexibility index (Phi) is 2.77. The zero-order valence-electron chi connectivity index (χ0n) is 10.6. The van der Waals surface area contributed by atoms with Crippen molar-refractivity contribution in [2.45, 2.75) is 31.1 Å². The van der Waals surface area contributed by atoms with Gasteiger partial charge in [-0.25, -0.2) is 0 Å². The van der Waals surface area contributed by atoms with E-state index in [9.17, 15) is 4.79 Å². The fraction of sp³-hybridized carbons (Fsp3) is 0.533. The molecule has 0 unspecified atom stereocenters. The summed E-state index contributed by atoms with van der Waals surface area (Å²) >= 11 is 0. The van der Waals surface area contributed by atoms with Crippen molar-refractivity contribution in [2.75, 3.05) is 13.7 Å². The first-order valence-electron chi connectivity index (χ1n) is 6.56. The predicted molar refractivity (Wildman–Crippen MR) is 67.6 cm³/mol. The molecule has 2 fully saturated rings. The highest BCUT2D eigenvalue weighted by atomic mass is 16.5. The SMILES string of the molecule is COC(=O)C1(c2ccc(OCC3CC3)cc2)CC1. The summed E-state index contributed by atoms with van der Waals surface area (Å²) in [5, 5.41) is 0. The summed E-state index contributed by atoms with van der Waals surface area (Å²) in [5.41, 5.74) is 0.678. The summed E-state index contributed by atoms with van der Waals surface area (Å²) in [6.45, 7) is 0.821. The number of methoxy groups -OCH3 is 1. The van der Waals surface area contributed by atoms with Gasteiger partial charge in [0.1, 0.15) is 5.75 Å². The third-order valence-electron chi connectivity index (χ3n) is 3.92. The number of carbonyl (C=O) groups excluding carboxylic acids is 1. The maximum atomic E-state index is 11.8. The standard InChI is InChI=1S/C15H18O3/c1-17-14(16)15(8-9-15)12-4-6-13(7-5-12)18-10-11-2-3-11/h4-7,11H,2-3,8-10H2,1H3. The molecular formula is C15H18O3. The minimum atomic E-state index is -0.371. The van der Waals surface area contributed by atoms with E-state index in [1.54, 1.807) is 0 Å². The van der Waals surface area contributed by atoms with Crippen molar-refractivity contribution in [3.8, 4) is 5.75 Å². The van der Waals surface area contributed by atoms with Crippen LogP contribution in [0.15, 0.2) is 24.3 Å². The maximum Gasteiger partial charge on any atom is 0.316 e. The van der Waals surface area contributed by atoms with Gasteiger partial charge in [-0.2, -0.15) is 0 Å². The summed E-state index contributed by atoms with van der Waals surface area (Å²) in [6.07, 6.45) is 4.37. The molecule has 0 spiro atoms. The van der Waals surface area contributed by atoms with Gasteiger partial charge in [-0.3, -0.25) is 4.79 Å². The topological polar surface area (TPSA) is 35.5 Å².